The van der Waals surface area contributed by atoms with Crippen molar-refractivity contribution in [1.29, 1.82) is 0 Å². The number of carbonyl (C=O) groups is 1. The van der Waals surface area contributed by atoms with Gasteiger partial charge in [-0.05, 0) is 49.7 Å². The Kier molecular flexibility index (Phi) is 4.85. The largest absolute Gasteiger partial charge is 0.351 e. The first-order chi connectivity index (χ1) is 10.8. The minimum atomic E-state index is 0.00140. The van der Waals surface area contributed by atoms with Crippen molar-refractivity contribution >= 4 is 5.91 Å². The molecule has 1 aliphatic rings. The fourth-order valence-electron chi connectivity index (χ4n) is 2.83. The highest BCUT2D eigenvalue weighted by Crippen LogP contribution is 2.08. The summed E-state index contributed by atoms with van der Waals surface area (Å²) in [6, 6.07) is 9.64. The van der Waals surface area contributed by atoms with Gasteiger partial charge in [-0.1, -0.05) is 12.1 Å². The molecule has 1 amide bonds. The van der Waals surface area contributed by atoms with Gasteiger partial charge in [0.2, 0.25) is 0 Å². The Morgan fingerprint density at radius 3 is 2.86 bits per heavy atom. The Bertz CT molecular complexity index is 603. The summed E-state index contributed by atoms with van der Waals surface area (Å²) in [5.74, 6) is 0.00140. The monoisotopic (exact) mass is 298 g/mol. The van der Waals surface area contributed by atoms with Gasteiger partial charge >= 0.3 is 0 Å². The van der Waals surface area contributed by atoms with Gasteiger partial charge in [-0.3, -0.25) is 9.48 Å². The average Bonchev–Trinajstić information content (AvgIpc) is 3.21. The molecular weight excluding hydrogens is 276 g/mol. The highest BCUT2D eigenvalue weighted by molar-refractivity contribution is 5.94. The minimum absolute atomic E-state index is 0.00140. The minimum Gasteiger partial charge on any atom is -0.351 e. The average molecular weight is 298 g/mol. The first kappa shape index (κ1) is 14.8. The van der Waals surface area contributed by atoms with Crippen LogP contribution in [0.1, 0.15) is 28.8 Å². The van der Waals surface area contributed by atoms with Crippen molar-refractivity contribution in [2.24, 2.45) is 0 Å². The standard InChI is InChI=1S/C17H22N4O/c22-17(18-8-12-20-9-1-2-10-20)16-6-3-5-15(13-16)14-21-11-4-7-19-21/h3-7,11,13H,1-2,8-10,12,14H2,(H,18,22). The van der Waals surface area contributed by atoms with Crippen molar-refractivity contribution in [2.75, 3.05) is 26.2 Å². The summed E-state index contributed by atoms with van der Waals surface area (Å²) in [6.45, 7) is 4.66. The summed E-state index contributed by atoms with van der Waals surface area (Å²) in [5.41, 5.74) is 1.79. The van der Waals surface area contributed by atoms with E-state index in [1.54, 1.807) is 6.20 Å². The maximum atomic E-state index is 12.2. The van der Waals surface area contributed by atoms with Crippen molar-refractivity contribution in [3.63, 3.8) is 0 Å². The molecule has 116 valence electrons. The molecule has 1 saturated heterocycles. The Morgan fingerprint density at radius 1 is 1.23 bits per heavy atom. The van der Waals surface area contributed by atoms with E-state index in [1.165, 1.54) is 12.8 Å². The predicted molar refractivity (Wildman–Crippen MR) is 85.8 cm³/mol. The molecule has 0 saturated carbocycles. The molecule has 5 nitrogen and oxygen atoms in total. The zero-order valence-corrected chi connectivity index (χ0v) is 12.7. The lowest BCUT2D eigenvalue weighted by Gasteiger charge is -2.14. The highest BCUT2D eigenvalue weighted by Gasteiger charge is 2.11. The van der Waals surface area contributed by atoms with Gasteiger partial charge in [0.25, 0.3) is 5.91 Å². The molecular formula is C17H22N4O. The number of benzene rings is 1. The van der Waals surface area contributed by atoms with Gasteiger partial charge in [0, 0.05) is 31.0 Å². The number of rotatable bonds is 6. The molecule has 1 aromatic heterocycles. The van der Waals surface area contributed by atoms with E-state index < -0.39 is 0 Å². The molecule has 0 aliphatic carbocycles. The van der Waals surface area contributed by atoms with Gasteiger partial charge in [0.15, 0.2) is 0 Å². The second kappa shape index (κ2) is 7.22. The summed E-state index contributed by atoms with van der Waals surface area (Å²) in [5, 5.41) is 7.20. The molecule has 1 fully saturated rings. The number of likely N-dealkylation sites (tertiary alicyclic amines) is 1. The highest BCUT2D eigenvalue weighted by atomic mass is 16.1. The number of nitrogens with one attached hydrogen (secondary N) is 1. The third-order valence-electron chi connectivity index (χ3n) is 4.01. The van der Waals surface area contributed by atoms with E-state index in [0.29, 0.717) is 18.7 Å². The summed E-state index contributed by atoms with van der Waals surface area (Å²) in [4.78, 5) is 14.6. The molecule has 0 unspecified atom stereocenters. The molecule has 2 heterocycles. The fraction of sp³-hybridized carbons (Fsp3) is 0.412. The van der Waals surface area contributed by atoms with Gasteiger partial charge in [0.1, 0.15) is 0 Å². The molecule has 0 atom stereocenters. The van der Waals surface area contributed by atoms with Crippen LogP contribution in [-0.2, 0) is 6.54 Å². The van der Waals surface area contributed by atoms with Gasteiger partial charge in [0.05, 0.1) is 6.54 Å². The van der Waals surface area contributed by atoms with Crippen LogP contribution in [0.4, 0.5) is 0 Å². The number of nitrogens with zero attached hydrogens (tertiary/aromatic N) is 3. The van der Waals surface area contributed by atoms with Crippen LogP contribution in [0.2, 0.25) is 0 Å². The second-order valence-corrected chi connectivity index (χ2v) is 5.71. The quantitative estimate of drug-likeness (QED) is 0.884. The summed E-state index contributed by atoms with van der Waals surface area (Å²) in [6.07, 6.45) is 6.24. The van der Waals surface area contributed by atoms with E-state index in [2.05, 4.69) is 15.3 Å². The third-order valence-corrected chi connectivity index (χ3v) is 4.01. The van der Waals surface area contributed by atoms with E-state index >= 15 is 0 Å². The van der Waals surface area contributed by atoms with Crippen LogP contribution in [0.15, 0.2) is 42.7 Å². The predicted octanol–water partition coefficient (Wildman–Crippen LogP) is 1.76. The van der Waals surface area contributed by atoms with Crippen molar-refractivity contribution in [3.05, 3.63) is 53.9 Å². The van der Waals surface area contributed by atoms with Crippen molar-refractivity contribution < 1.29 is 4.79 Å². The molecule has 1 aromatic carbocycles. The number of carbonyl (C=O) groups excluding carboxylic acids is 1. The lowest BCUT2D eigenvalue weighted by atomic mass is 10.1. The number of amides is 1. The molecule has 2 aromatic rings. The SMILES string of the molecule is O=C(NCCN1CCCC1)c1cccc(Cn2cccn2)c1. The van der Waals surface area contributed by atoms with Crippen LogP contribution in [0.3, 0.4) is 0 Å². The van der Waals surface area contributed by atoms with Crippen LogP contribution in [0, 0.1) is 0 Å². The Labute approximate surface area is 130 Å². The summed E-state index contributed by atoms with van der Waals surface area (Å²) >= 11 is 0. The Balaban J connectivity index is 1.53. The first-order valence-electron chi connectivity index (χ1n) is 7.88. The van der Waals surface area contributed by atoms with Gasteiger partial charge < -0.3 is 10.2 Å². The van der Waals surface area contributed by atoms with Crippen molar-refractivity contribution in [2.45, 2.75) is 19.4 Å². The van der Waals surface area contributed by atoms with Crippen molar-refractivity contribution in [3.8, 4) is 0 Å². The van der Waals surface area contributed by atoms with E-state index in [1.807, 2.05) is 41.2 Å². The van der Waals surface area contributed by atoms with E-state index in [9.17, 15) is 4.79 Å². The maximum Gasteiger partial charge on any atom is 0.251 e. The molecule has 22 heavy (non-hydrogen) atoms. The summed E-state index contributed by atoms with van der Waals surface area (Å²) < 4.78 is 1.85. The van der Waals surface area contributed by atoms with Crippen LogP contribution < -0.4 is 5.32 Å². The first-order valence-corrected chi connectivity index (χ1v) is 7.88. The maximum absolute atomic E-state index is 12.2. The van der Waals surface area contributed by atoms with Crippen LogP contribution in [0.25, 0.3) is 0 Å². The van der Waals surface area contributed by atoms with Crippen LogP contribution in [-0.4, -0.2) is 46.8 Å². The van der Waals surface area contributed by atoms with Gasteiger partial charge in [-0.2, -0.15) is 5.10 Å². The molecule has 3 rings (SSSR count). The molecule has 0 radical (unpaired) electrons. The lowest BCUT2D eigenvalue weighted by molar-refractivity contribution is 0.0949. The third kappa shape index (κ3) is 3.95. The van der Waals surface area contributed by atoms with Crippen LogP contribution in [0.5, 0.6) is 0 Å². The molecule has 0 bridgehead atoms. The smallest absolute Gasteiger partial charge is 0.251 e. The molecule has 1 N–H and O–H groups in total. The van der Waals surface area contributed by atoms with Gasteiger partial charge in [-0.25, -0.2) is 0 Å². The zero-order valence-electron chi connectivity index (χ0n) is 12.7. The zero-order chi connectivity index (χ0) is 15.2. The molecule has 5 heteroatoms. The van der Waals surface area contributed by atoms with Crippen LogP contribution >= 0.6 is 0 Å². The molecule has 0 spiro atoms. The summed E-state index contributed by atoms with van der Waals surface area (Å²) in [7, 11) is 0. The van der Waals surface area contributed by atoms with Gasteiger partial charge in [-0.15, -0.1) is 0 Å². The van der Waals surface area contributed by atoms with E-state index in [0.717, 1.165) is 25.2 Å². The second-order valence-electron chi connectivity index (χ2n) is 5.71. The normalized spacial score (nSPS) is 15.1. The lowest BCUT2D eigenvalue weighted by Crippen LogP contribution is -2.33. The molecule has 1 aliphatic heterocycles. The number of aromatic nitrogens is 2. The van der Waals surface area contributed by atoms with E-state index in [-0.39, 0.29) is 5.91 Å². The number of hydrogen-bond acceptors (Lipinski definition) is 3. The Morgan fingerprint density at radius 2 is 2.09 bits per heavy atom. The Hall–Kier alpha value is -2.14. The number of hydrogen-bond donors (Lipinski definition) is 1. The van der Waals surface area contributed by atoms with E-state index in [4.69, 9.17) is 0 Å². The topological polar surface area (TPSA) is 50.2 Å². The fourth-order valence-corrected chi connectivity index (χ4v) is 2.83. The van der Waals surface area contributed by atoms with Crippen molar-refractivity contribution in [1.82, 2.24) is 20.0 Å².